The van der Waals surface area contributed by atoms with E-state index in [0.717, 1.165) is 0 Å². The Kier molecular flexibility index (Phi) is 4.44. The monoisotopic (exact) mass is 377 g/mol. The van der Waals surface area contributed by atoms with Crippen LogP contribution in [0, 0.1) is 0 Å². The molecule has 0 radical (unpaired) electrons. The lowest BCUT2D eigenvalue weighted by molar-refractivity contribution is -0.113. The van der Waals surface area contributed by atoms with Gasteiger partial charge in [-0.3, -0.25) is 4.79 Å². The summed E-state index contributed by atoms with van der Waals surface area (Å²) in [6.07, 6.45) is 1.40. The lowest BCUT2D eigenvalue weighted by Crippen LogP contribution is -2.31. The van der Waals surface area contributed by atoms with Gasteiger partial charge in [-0.2, -0.15) is 10.1 Å². The van der Waals surface area contributed by atoms with Gasteiger partial charge in [-0.25, -0.2) is 4.68 Å². The van der Waals surface area contributed by atoms with Gasteiger partial charge in [0, 0.05) is 16.9 Å². The van der Waals surface area contributed by atoms with Gasteiger partial charge < -0.3 is 20.5 Å². The van der Waals surface area contributed by atoms with Crippen molar-refractivity contribution in [3.8, 4) is 11.5 Å². The first kappa shape index (κ1) is 17.6. The molecule has 2 aromatic carbocycles. The first-order valence-electron chi connectivity index (χ1n) is 8.69. The van der Waals surface area contributed by atoms with Crippen LogP contribution in [0.1, 0.15) is 18.5 Å². The summed E-state index contributed by atoms with van der Waals surface area (Å²) >= 11 is 0. The molecule has 1 aromatic heterocycles. The van der Waals surface area contributed by atoms with Crippen LogP contribution >= 0.6 is 0 Å². The number of ether oxygens (including phenoxy) is 1. The van der Waals surface area contributed by atoms with E-state index in [0.29, 0.717) is 34.2 Å². The molecule has 0 fully saturated rings. The maximum atomic E-state index is 13.2. The molecule has 0 saturated carbocycles. The fraction of sp³-hybridized carbons (Fsp3) is 0.150. The smallest absolute Gasteiger partial charge is 0.255 e. The Bertz CT molecular complexity index is 1060. The van der Waals surface area contributed by atoms with Crippen molar-refractivity contribution in [1.29, 1.82) is 0 Å². The van der Waals surface area contributed by atoms with E-state index in [1.54, 1.807) is 29.8 Å². The fourth-order valence-corrected chi connectivity index (χ4v) is 3.32. The summed E-state index contributed by atoms with van der Waals surface area (Å²) in [7, 11) is 1.48. The highest BCUT2D eigenvalue weighted by Crippen LogP contribution is 2.42. The summed E-state index contributed by atoms with van der Waals surface area (Å²) in [6, 6.07) is 13.7. The van der Waals surface area contributed by atoms with Crippen molar-refractivity contribution in [2.24, 2.45) is 0 Å². The lowest BCUT2D eigenvalue weighted by Gasteiger charge is -2.29. The number of aromatic hydroxyl groups is 1. The van der Waals surface area contributed by atoms with E-state index in [4.69, 9.17) is 4.74 Å². The maximum absolute atomic E-state index is 13.2. The number of aromatic nitrogens is 3. The zero-order valence-electron chi connectivity index (χ0n) is 15.4. The van der Waals surface area contributed by atoms with E-state index in [1.807, 2.05) is 30.3 Å². The minimum atomic E-state index is -0.669. The van der Waals surface area contributed by atoms with Gasteiger partial charge in [-0.15, -0.1) is 0 Å². The first-order valence-corrected chi connectivity index (χ1v) is 8.69. The molecule has 3 aromatic rings. The molecule has 3 N–H and O–H groups in total. The Balaban J connectivity index is 1.82. The highest BCUT2D eigenvalue weighted by atomic mass is 16.5. The van der Waals surface area contributed by atoms with Crippen molar-refractivity contribution < 1.29 is 14.6 Å². The summed E-state index contributed by atoms with van der Waals surface area (Å²) in [5.74, 6) is 0.458. The number of allylic oxidation sites excluding steroid dienone is 1. The number of hydrogen-bond acceptors (Lipinski definition) is 6. The molecule has 8 nitrogen and oxygen atoms in total. The number of nitrogens with zero attached hydrogens (tertiary/aromatic N) is 3. The van der Waals surface area contributed by atoms with Crippen molar-refractivity contribution in [2.75, 3.05) is 17.7 Å². The normalized spacial score (nSPS) is 15.6. The minimum Gasteiger partial charge on any atom is -0.504 e. The molecule has 0 bridgehead atoms. The van der Waals surface area contributed by atoms with Crippen molar-refractivity contribution in [3.05, 3.63) is 71.7 Å². The molecule has 28 heavy (non-hydrogen) atoms. The van der Waals surface area contributed by atoms with Gasteiger partial charge in [0.05, 0.1) is 12.7 Å². The average Bonchev–Trinajstić information content (AvgIpc) is 3.16. The number of fused-ring (bicyclic) bond motifs is 1. The van der Waals surface area contributed by atoms with Crippen LogP contribution in [0.5, 0.6) is 11.5 Å². The largest absolute Gasteiger partial charge is 0.504 e. The number of carbonyl (C=O) groups excluding carboxylic acids is 1. The van der Waals surface area contributed by atoms with Crippen molar-refractivity contribution >= 4 is 17.5 Å². The zero-order chi connectivity index (χ0) is 19.7. The molecule has 8 heteroatoms. The molecule has 0 saturated heterocycles. The zero-order valence-corrected chi connectivity index (χ0v) is 15.4. The number of hydrogen-bond donors (Lipinski definition) is 3. The van der Waals surface area contributed by atoms with E-state index in [9.17, 15) is 9.90 Å². The molecule has 142 valence electrons. The highest BCUT2D eigenvalue weighted by Gasteiger charge is 2.35. The van der Waals surface area contributed by atoms with Crippen molar-refractivity contribution in [1.82, 2.24) is 14.8 Å². The van der Waals surface area contributed by atoms with Gasteiger partial charge >= 0.3 is 0 Å². The second-order valence-electron chi connectivity index (χ2n) is 6.31. The minimum absolute atomic E-state index is 0.0452. The van der Waals surface area contributed by atoms with Crippen LogP contribution in [0.3, 0.4) is 0 Å². The van der Waals surface area contributed by atoms with E-state index >= 15 is 0 Å². The van der Waals surface area contributed by atoms with Crippen LogP contribution in [0.2, 0.25) is 0 Å². The van der Waals surface area contributed by atoms with Crippen LogP contribution in [0.15, 0.2) is 66.1 Å². The Hall–Kier alpha value is -3.81. The number of rotatable bonds is 4. The number of para-hydroxylation sites is 2. The molecule has 4 rings (SSSR count). The SMILES string of the molecule is COc1cccc([C@@H]2C(C(=O)Nc3ccccc3)=C(C)Nc3ncnn32)c1O. The van der Waals surface area contributed by atoms with Gasteiger partial charge in [0.25, 0.3) is 5.91 Å². The molecule has 1 amide bonds. The van der Waals surface area contributed by atoms with Gasteiger partial charge in [0.1, 0.15) is 12.4 Å². The van der Waals surface area contributed by atoms with Gasteiger partial charge in [0.15, 0.2) is 11.5 Å². The molecular formula is C20H19N5O3. The Morgan fingerprint density at radius 2 is 2.00 bits per heavy atom. The molecule has 1 atom stereocenters. The third kappa shape index (κ3) is 2.94. The van der Waals surface area contributed by atoms with Crippen LogP contribution in [-0.4, -0.2) is 32.9 Å². The van der Waals surface area contributed by atoms with Gasteiger partial charge in [-0.05, 0) is 25.1 Å². The first-order chi connectivity index (χ1) is 13.6. The van der Waals surface area contributed by atoms with Crippen LogP contribution in [0.4, 0.5) is 11.6 Å². The number of carbonyl (C=O) groups is 1. The molecular weight excluding hydrogens is 358 g/mol. The second-order valence-corrected chi connectivity index (χ2v) is 6.31. The number of benzene rings is 2. The summed E-state index contributed by atoms with van der Waals surface area (Å²) in [5, 5.41) is 21.0. The average molecular weight is 377 g/mol. The number of nitrogens with one attached hydrogen (secondary N) is 2. The Morgan fingerprint density at radius 1 is 1.21 bits per heavy atom. The lowest BCUT2D eigenvalue weighted by atomic mass is 9.94. The van der Waals surface area contributed by atoms with Gasteiger partial charge in [0.2, 0.25) is 5.95 Å². The maximum Gasteiger partial charge on any atom is 0.255 e. The van der Waals surface area contributed by atoms with Crippen LogP contribution < -0.4 is 15.4 Å². The van der Waals surface area contributed by atoms with E-state index < -0.39 is 6.04 Å². The molecule has 1 aliphatic heterocycles. The third-order valence-electron chi connectivity index (χ3n) is 4.62. The summed E-state index contributed by atoms with van der Waals surface area (Å²) in [5.41, 5.74) is 2.21. The topological polar surface area (TPSA) is 101 Å². The molecule has 1 aliphatic rings. The molecule has 0 aliphatic carbocycles. The molecule has 0 unspecified atom stereocenters. The van der Waals surface area contributed by atoms with Crippen molar-refractivity contribution in [3.63, 3.8) is 0 Å². The number of amides is 1. The summed E-state index contributed by atoms with van der Waals surface area (Å²) in [6.45, 7) is 1.79. The third-order valence-corrected chi connectivity index (χ3v) is 4.62. The number of phenols is 1. The second kappa shape index (κ2) is 7.07. The molecule has 0 spiro atoms. The number of methoxy groups -OCH3 is 1. The predicted molar refractivity (Wildman–Crippen MR) is 104 cm³/mol. The standard InChI is InChI=1S/C20H19N5O3/c1-12-16(19(27)24-13-7-4-3-5-8-13)17(25-20(23-12)21-11-22-25)14-9-6-10-15(28-2)18(14)26/h3-11,17,26H,1-2H3,(H,24,27)(H,21,22,23)/t17-/m1/s1. The van der Waals surface area contributed by atoms with Crippen LogP contribution in [-0.2, 0) is 4.79 Å². The van der Waals surface area contributed by atoms with E-state index in [-0.39, 0.29) is 11.7 Å². The highest BCUT2D eigenvalue weighted by molar-refractivity contribution is 6.06. The van der Waals surface area contributed by atoms with Gasteiger partial charge in [-0.1, -0.05) is 30.3 Å². The van der Waals surface area contributed by atoms with Crippen molar-refractivity contribution in [2.45, 2.75) is 13.0 Å². The Labute approximate surface area is 161 Å². The molecule has 2 heterocycles. The predicted octanol–water partition coefficient (Wildman–Crippen LogP) is 2.92. The fourth-order valence-electron chi connectivity index (χ4n) is 3.32. The Morgan fingerprint density at radius 3 is 2.75 bits per heavy atom. The number of phenolic OH excluding ortho intramolecular Hbond substituents is 1. The van der Waals surface area contributed by atoms with E-state index in [2.05, 4.69) is 20.7 Å². The quantitative estimate of drug-likeness (QED) is 0.646. The van der Waals surface area contributed by atoms with E-state index in [1.165, 1.54) is 13.4 Å². The van der Waals surface area contributed by atoms with Crippen LogP contribution in [0.25, 0.3) is 0 Å². The summed E-state index contributed by atoms with van der Waals surface area (Å²) in [4.78, 5) is 17.4. The number of anilines is 2. The summed E-state index contributed by atoms with van der Waals surface area (Å²) < 4.78 is 6.81.